The van der Waals surface area contributed by atoms with Crippen LogP contribution in [0.3, 0.4) is 0 Å². The second-order valence-electron chi connectivity index (χ2n) is 5.57. The molecule has 118 valence electrons. The number of rotatable bonds is 2. The highest BCUT2D eigenvalue weighted by Gasteiger charge is 2.32. The van der Waals surface area contributed by atoms with Gasteiger partial charge in [-0.2, -0.15) is 0 Å². The zero-order valence-electron chi connectivity index (χ0n) is 12.0. The summed E-state index contributed by atoms with van der Waals surface area (Å²) in [6, 6.07) is 5.03. The molecule has 0 saturated carbocycles. The van der Waals surface area contributed by atoms with Gasteiger partial charge in [-0.3, -0.25) is 9.59 Å². The first-order valence-electron chi connectivity index (χ1n) is 7.30. The van der Waals surface area contributed by atoms with Crippen LogP contribution in [0.15, 0.2) is 18.2 Å². The maximum Gasteiger partial charge on any atom is 0.257 e. The first kappa shape index (κ1) is 15.6. The van der Waals surface area contributed by atoms with E-state index in [0.29, 0.717) is 41.8 Å². The lowest BCUT2D eigenvalue weighted by Crippen LogP contribution is -2.57. The van der Waals surface area contributed by atoms with Crippen LogP contribution >= 0.6 is 23.2 Å². The van der Waals surface area contributed by atoms with Crippen LogP contribution in [-0.4, -0.2) is 60.9 Å². The molecule has 0 aromatic heterocycles. The molecular formula is C15H17Cl2N3O2. The Hall–Kier alpha value is -1.30. The maximum atomic E-state index is 12.6. The first-order chi connectivity index (χ1) is 10.6. The molecule has 3 rings (SSSR count). The van der Waals surface area contributed by atoms with Gasteiger partial charge in [0, 0.05) is 39.3 Å². The Morgan fingerprint density at radius 1 is 1.00 bits per heavy atom. The molecule has 1 aromatic rings. The van der Waals surface area contributed by atoms with Crippen LogP contribution in [0.25, 0.3) is 0 Å². The van der Waals surface area contributed by atoms with Crippen molar-refractivity contribution in [1.82, 2.24) is 15.1 Å². The Bertz CT molecular complexity index is 576. The fraction of sp³-hybridized carbons (Fsp3) is 0.467. The topological polar surface area (TPSA) is 52.7 Å². The molecule has 2 heterocycles. The number of halogens is 2. The lowest BCUT2D eigenvalue weighted by Gasteiger charge is -2.38. The van der Waals surface area contributed by atoms with Crippen LogP contribution in [0, 0.1) is 5.92 Å². The van der Waals surface area contributed by atoms with Gasteiger partial charge in [-0.25, -0.2) is 0 Å². The Labute approximate surface area is 139 Å². The highest BCUT2D eigenvalue weighted by atomic mass is 35.5. The molecule has 0 spiro atoms. The van der Waals surface area contributed by atoms with Crippen LogP contribution in [-0.2, 0) is 4.79 Å². The van der Waals surface area contributed by atoms with E-state index in [0.717, 1.165) is 13.1 Å². The average molecular weight is 342 g/mol. The lowest BCUT2D eigenvalue weighted by atomic mass is 10.0. The third-order valence-electron chi connectivity index (χ3n) is 4.19. The number of piperazine rings is 1. The molecule has 2 aliphatic rings. The number of hydrogen-bond acceptors (Lipinski definition) is 3. The maximum absolute atomic E-state index is 12.6. The molecule has 0 bridgehead atoms. The molecule has 7 heteroatoms. The van der Waals surface area contributed by atoms with Crippen LogP contribution < -0.4 is 5.32 Å². The molecule has 1 N–H and O–H groups in total. The summed E-state index contributed by atoms with van der Waals surface area (Å²) in [4.78, 5) is 28.3. The van der Waals surface area contributed by atoms with E-state index >= 15 is 0 Å². The fourth-order valence-electron chi connectivity index (χ4n) is 2.71. The number of nitrogens with one attached hydrogen (secondary N) is 1. The zero-order valence-corrected chi connectivity index (χ0v) is 13.5. The highest BCUT2D eigenvalue weighted by molar-refractivity contribution is 6.39. The number of carbonyl (C=O) groups is 2. The minimum absolute atomic E-state index is 0.0975. The number of hydrogen-bond donors (Lipinski definition) is 1. The van der Waals surface area contributed by atoms with Crippen LogP contribution in [0.1, 0.15) is 10.4 Å². The molecule has 0 radical (unpaired) electrons. The molecular weight excluding hydrogens is 325 g/mol. The van der Waals surface area contributed by atoms with Crippen LogP contribution in [0.2, 0.25) is 10.0 Å². The molecule has 2 amide bonds. The van der Waals surface area contributed by atoms with Crippen molar-refractivity contribution in [2.75, 3.05) is 39.3 Å². The zero-order chi connectivity index (χ0) is 15.7. The van der Waals surface area contributed by atoms with E-state index in [1.165, 1.54) is 0 Å². The van der Waals surface area contributed by atoms with Crippen molar-refractivity contribution < 1.29 is 9.59 Å². The third-order valence-corrected chi connectivity index (χ3v) is 4.82. The number of carbonyl (C=O) groups excluding carboxylic acids is 2. The summed E-state index contributed by atoms with van der Waals surface area (Å²) >= 11 is 12.2. The van der Waals surface area contributed by atoms with Crippen molar-refractivity contribution in [3.63, 3.8) is 0 Å². The Morgan fingerprint density at radius 3 is 2.05 bits per heavy atom. The number of nitrogens with zero attached hydrogens (tertiary/aromatic N) is 2. The van der Waals surface area contributed by atoms with Gasteiger partial charge in [-0.1, -0.05) is 29.3 Å². The predicted octanol–water partition coefficient (Wildman–Crippen LogP) is 1.50. The van der Waals surface area contributed by atoms with Crippen molar-refractivity contribution in [3.8, 4) is 0 Å². The molecule has 1 aromatic carbocycles. The van der Waals surface area contributed by atoms with Gasteiger partial charge >= 0.3 is 0 Å². The van der Waals surface area contributed by atoms with Gasteiger partial charge in [-0.15, -0.1) is 0 Å². The molecule has 0 atom stereocenters. The van der Waals surface area contributed by atoms with E-state index in [2.05, 4.69) is 5.32 Å². The van der Waals surface area contributed by atoms with Crippen molar-refractivity contribution in [2.45, 2.75) is 0 Å². The van der Waals surface area contributed by atoms with Crippen molar-refractivity contribution in [2.24, 2.45) is 5.92 Å². The Morgan fingerprint density at radius 2 is 1.55 bits per heavy atom. The molecule has 0 unspecified atom stereocenters. The molecule has 22 heavy (non-hydrogen) atoms. The van der Waals surface area contributed by atoms with Gasteiger partial charge in [0.2, 0.25) is 5.91 Å². The summed E-state index contributed by atoms with van der Waals surface area (Å²) in [5.41, 5.74) is 0.341. The standard InChI is InChI=1S/C15H17Cl2N3O2/c16-11-2-1-3-12(17)13(11)15(22)20-6-4-19(5-7-20)14(21)10-8-18-9-10/h1-3,10,18H,4-9H2. The number of amides is 2. The quantitative estimate of drug-likeness (QED) is 0.886. The average Bonchev–Trinajstić information content (AvgIpc) is 2.45. The molecule has 0 aliphatic carbocycles. The normalized spacial score (nSPS) is 19.0. The highest BCUT2D eigenvalue weighted by Crippen LogP contribution is 2.26. The second-order valence-corrected chi connectivity index (χ2v) is 6.38. The SMILES string of the molecule is O=C(c1c(Cl)cccc1Cl)N1CCN(C(=O)C2CNC2)CC1. The van der Waals surface area contributed by atoms with E-state index in [9.17, 15) is 9.59 Å². The monoisotopic (exact) mass is 341 g/mol. The lowest BCUT2D eigenvalue weighted by molar-refractivity contribution is -0.138. The van der Waals surface area contributed by atoms with Gasteiger partial charge in [-0.05, 0) is 12.1 Å². The molecule has 5 nitrogen and oxygen atoms in total. The van der Waals surface area contributed by atoms with E-state index in [1.807, 2.05) is 4.90 Å². The van der Waals surface area contributed by atoms with Crippen molar-refractivity contribution in [1.29, 1.82) is 0 Å². The smallest absolute Gasteiger partial charge is 0.257 e. The Balaban J connectivity index is 1.63. The summed E-state index contributed by atoms with van der Waals surface area (Å²) in [6.07, 6.45) is 0. The van der Waals surface area contributed by atoms with Crippen LogP contribution in [0.5, 0.6) is 0 Å². The molecule has 2 aliphatic heterocycles. The third kappa shape index (κ3) is 2.93. The molecule has 2 fully saturated rings. The van der Waals surface area contributed by atoms with Gasteiger partial charge in [0.05, 0.1) is 21.5 Å². The van der Waals surface area contributed by atoms with Crippen LogP contribution in [0.4, 0.5) is 0 Å². The minimum Gasteiger partial charge on any atom is -0.339 e. The van der Waals surface area contributed by atoms with Crippen molar-refractivity contribution in [3.05, 3.63) is 33.8 Å². The number of benzene rings is 1. The van der Waals surface area contributed by atoms with Crippen molar-refractivity contribution >= 4 is 35.0 Å². The summed E-state index contributed by atoms with van der Waals surface area (Å²) in [5.74, 6) is 0.106. The summed E-state index contributed by atoms with van der Waals surface area (Å²) < 4.78 is 0. The van der Waals surface area contributed by atoms with E-state index in [4.69, 9.17) is 23.2 Å². The summed E-state index contributed by atoms with van der Waals surface area (Å²) in [7, 11) is 0. The summed E-state index contributed by atoms with van der Waals surface area (Å²) in [5, 5.41) is 3.82. The van der Waals surface area contributed by atoms with Gasteiger partial charge < -0.3 is 15.1 Å². The minimum atomic E-state index is -0.173. The van der Waals surface area contributed by atoms with E-state index in [-0.39, 0.29) is 17.7 Å². The van der Waals surface area contributed by atoms with E-state index < -0.39 is 0 Å². The summed E-state index contributed by atoms with van der Waals surface area (Å²) in [6.45, 7) is 3.64. The fourth-order valence-corrected chi connectivity index (χ4v) is 3.27. The Kier molecular flexibility index (Phi) is 4.57. The predicted molar refractivity (Wildman–Crippen MR) is 85.3 cm³/mol. The van der Waals surface area contributed by atoms with E-state index in [1.54, 1.807) is 23.1 Å². The largest absolute Gasteiger partial charge is 0.339 e. The second kappa shape index (κ2) is 6.44. The molecule has 2 saturated heterocycles. The van der Waals surface area contributed by atoms with Gasteiger partial charge in [0.15, 0.2) is 0 Å². The van der Waals surface area contributed by atoms with Gasteiger partial charge in [0.1, 0.15) is 0 Å². The first-order valence-corrected chi connectivity index (χ1v) is 8.06. The van der Waals surface area contributed by atoms with Gasteiger partial charge in [0.25, 0.3) is 5.91 Å².